The molecule has 2 aromatic heterocycles. The maximum atomic E-state index is 12.5. The number of hydrogen-bond donors (Lipinski definition) is 1. The molecule has 9 heteroatoms. The SMILES string of the molecule is CC(Cc1ccc(OCc2ccccc2)cc1)[NH2+]CCn1cnc2c1c(=O)n(C)c(=O)n2C.[Cl-]. The number of quaternary nitrogens is 1. The summed E-state index contributed by atoms with van der Waals surface area (Å²) in [7, 11) is 3.13. The van der Waals surface area contributed by atoms with Gasteiger partial charge in [-0.3, -0.25) is 13.9 Å². The molecule has 180 valence electrons. The van der Waals surface area contributed by atoms with Gasteiger partial charge in [0.15, 0.2) is 11.2 Å². The van der Waals surface area contributed by atoms with E-state index in [1.165, 1.54) is 17.2 Å². The van der Waals surface area contributed by atoms with Crippen molar-refractivity contribution in [3.63, 3.8) is 0 Å². The van der Waals surface area contributed by atoms with Gasteiger partial charge in [-0.05, 0) is 30.2 Å². The van der Waals surface area contributed by atoms with Crippen LogP contribution < -0.4 is 33.7 Å². The quantitative estimate of drug-likeness (QED) is 0.305. The molecule has 0 spiro atoms. The molecule has 0 bridgehead atoms. The molecule has 0 radical (unpaired) electrons. The highest BCUT2D eigenvalue weighted by atomic mass is 35.5. The molecule has 4 rings (SSSR count). The van der Waals surface area contributed by atoms with E-state index in [1.807, 2.05) is 34.9 Å². The van der Waals surface area contributed by atoms with Crippen molar-refractivity contribution in [1.82, 2.24) is 18.7 Å². The van der Waals surface area contributed by atoms with E-state index in [9.17, 15) is 9.59 Å². The largest absolute Gasteiger partial charge is 1.00 e. The normalized spacial score (nSPS) is 11.9. The van der Waals surface area contributed by atoms with E-state index in [4.69, 9.17) is 4.74 Å². The Kier molecular flexibility index (Phi) is 8.31. The van der Waals surface area contributed by atoms with E-state index in [2.05, 4.69) is 41.5 Å². The first kappa shape index (κ1) is 25.3. The van der Waals surface area contributed by atoms with Crippen LogP contribution in [0.25, 0.3) is 11.2 Å². The fourth-order valence-electron chi connectivity index (χ4n) is 3.98. The standard InChI is InChI=1S/C25H29N5O3.ClH/c1-18(15-19-9-11-21(12-10-19)33-16-20-7-5-4-6-8-20)26-13-14-30-17-27-23-22(30)24(31)29(3)25(32)28(23)2;/h4-12,17-18,26H,13-16H2,1-3H3;1H. The summed E-state index contributed by atoms with van der Waals surface area (Å²) in [4.78, 5) is 28.9. The van der Waals surface area contributed by atoms with Crippen LogP contribution in [0, 0.1) is 0 Å². The molecule has 1 unspecified atom stereocenters. The van der Waals surface area contributed by atoms with Gasteiger partial charge in [0.25, 0.3) is 5.56 Å². The number of nitrogens with zero attached hydrogens (tertiary/aromatic N) is 4. The van der Waals surface area contributed by atoms with Crippen molar-refractivity contribution >= 4 is 11.2 Å². The number of fused-ring (bicyclic) bond motifs is 1. The summed E-state index contributed by atoms with van der Waals surface area (Å²) in [5.74, 6) is 0.863. The number of aromatic nitrogens is 4. The van der Waals surface area contributed by atoms with Gasteiger partial charge >= 0.3 is 5.69 Å². The first-order valence-electron chi connectivity index (χ1n) is 11.1. The monoisotopic (exact) mass is 483 g/mol. The van der Waals surface area contributed by atoms with E-state index in [0.717, 1.165) is 28.8 Å². The number of benzene rings is 2. The third kappa shape index (κ3) is 5.58. The summed E-state index contributed by atoms with van der Waals surface area (Å²) in [6.07, 6.45) is 2.57. The molecule has 2 heterocycles. The lowest BCUT2D eigenvalue weighted by molar-refractivity contribution is -0.686. The number of halogens is 1. The van der Waals surface area contributed by atoms with Crippen molar-refractivity contribution in [2.45, 2.75) is 32.5 Å². The smallest absolute Gasteiger partial charge is 0.332 e. The Labute approximate surface area is 204 Å². The molecule has 0 aliphatic carbocycles. The van der Waals surface area contributed by atoms with E-state index >= 15 is 0 Å². The molecule has 4 aromatic rings. The summed E-state index contributed by atoms with van der Waals surface area (Å²) >= 11 is 0. The Morgan fingerprint density at radius 1 is 0.971 bits per heavy atom. The van der Waals surface area contributed by atoms with Crippen molar-refractivity contribution in [1.29, 1.82) is 0 Å². The van der Waals surface area contributed by atoms with Crippen LogP contribution >= 0.6 is 0 Å². The zero-order valence-corrected chi connectivity index (χ0v) is 20.4. The third-order valence-corrected chi connectivity index (χ3v) is 5.89. The molecule has 2 N–H and O–H groups in total. The number of nitrogens with two attached hydrogens (primary N) is 1. The molecule has 8 nitrogen and oxygen atoms in total. The molecule has 2 aromatic carbocycles. The number of imidazole rings is 1. The van der Waals surface area contributed by atoms with Crippen molar-refractivity contribution in [3.05, 3.63) is 92.9 Å². The minimum Gasteiger partial charge on any atom is -1.00 e. The number of ether oxygens (including phenoxy) is 1. The van der Waals surface area contributed by atoms with Crippen LogP contribution in [0.5, 0.6) is 5.75 Å². The molecule has 0 amide bonds. The van der Waals surface area contributed by atoms with E-state index < -0.39 is 0 Å². The van der Waals surface area contributed by atoms with E-state index in [-0.39, 0.29) is 23.7 Å². The van der Waals surface area contributed by atoms with Crippen LogP contribution in [-0.4, -0.2) is 31.3 Å². The van der Waals surface area contributed by atoms with Crippen molar-refractivity contribution in [2.24, 2.45) is 14.1 Å². The van der Waals surface area contributed by atoms with Gasteiger partial charge in [0.05, 0.1) is 25.5 Å². The average Bonchev–Trinajstić information content (AvgIpc) is 3.25. The molecule has 0 fully saturated rings. The molecule has 0 saturated heterocycles. The van der Waals surface area contributed by atoms with Gasteiger partial charge in [-0.1, -0.05) is 42.5 Å². The summed E-state index contributed by atoms with van der Waals surface area (Å²) in [6.45, 7) is 4.19. The minimum absolute atomic E-state index is 0. The van der Waals surface area contributed by atoms with Crippen LogP contribution in [0.4, 0.5) is 0 Å². The highest BCUT2D eigenvalue weighted by Crippen LogP contribution is 2.15. The van der Waals surface area contributed by atoms with Crippen molar-refractivity contribution < 1.29 is 22.5 Å². The van der Waals surface area contributed by atoms with Crippen LogP contribution in [0.3, 0.4) is 0 Å². The molecule has 34 heavy (non-hydrogen) atoms. The van der Waals surface area contributed by atoms with E-state index in [0.29, 0.717) is 30.4 Å². The summed E-state index contributed by atoms with van der Waals surface area (Å²) in [5.41, 5.74) is 2.61. The number of hydrogen-bond acceptors (Lipinski definition) is 4. The van der Waals surface area contributed by atoms with Gasteiger partial charge in [0.1, 0.15) is 12.4 Å². The van der Waals surface area contributed by atoms with Crippen LogP contribution in [-0.2, 0) is 33.7 Å². The summed E-state index contributed by atoms with van der Waals surface area (Å²) < 4.78 is 10.2. The van der Waals surface area contributed by atoms with Gasteiger partial charge in [-0.25, -0.2) is 9.78 Å². The predicted octanol–water partition coefficient (Wildman–Crippen LogP) is -1.79. The van der Waals surface area contributed by atoms with E-state index in [1.54, 1.807) is 13.4 Å². The van der Waals surface area contributed by atoms with Crippen LogP contribution in [0.2, 0.25) is 0 Å². The molecule has 1 atom stereocenters. The average molecular weight is 484 g/mol. The number of aryl methyl sites for hydroxylation is 1. The Hall–Kier alpha value is -3.36. The fraction of sp³-hybridized carbons (Fsp3) is 0.320. The maximum absolute atomic E-state index is 12.5. The second-order valence-electron chi connectivity index (χ2n) is 8.44. The Balaban J connectivity index is 0.00000324. The minimum atomic E-state index is -0.366. The van der Waals surface area contributed by atoms with Gasteiger partial charge in [0, 0.05) is 20.5 Å². The lowest BCUT2D eigenvalue weighted by atomic mass is 10.1. The Morgan fingerprint density at radius 2 is 1.68 bits per heavy atom. The predicted molar refractivity (Wildman–Crippen MR) is 127 cm³/mol. The Bertz CT molecular complexity index is 1340. The van der Waals surface area contributed by atoms with Gasteiger partial charge in [-0.15, -0.1) is 0 Å². The first-order chi connectivity index (χ1) is 15.9. The second kappa shape index (κ2) is 11.2. The molecular weight excluding hydrogens is 454 g/mol. The summed E-state index contributed by atoms with van der Waals surface area (Å²) in [6, 6.07) is 18.8. The van der Waals surface area contributed by atoms with Crippen molar-refractivity contribution in [3.8, 4) is 5.75 Å². The van der Waals surface area contributed by atoms with Crippen molar-refractivity contribution in [2.75, 3.05) is 6.54 Å². The zero-order chi connectivity index (χ0) is 23.4. The first-order valence-corrected chi connectivity index (χ1v) is 11.1. The lowest BCUT2D eigenvalue weighted by Crippen LogP contribution is -3.00. The third-order valence-electron chi connectivity index (χ3n) is 5.89. The van der Waals surface area contributed by atoms with Gasteiger partial charge < -0.3 is 27.0 Å². The second-order valence-corrected chi connectivity index (χ2v) is 8.44. The topological polar surface area (TPSA) is 87.7 Å². The zero-order valence-electron chi connectivity index (χ0n) is 19.6. The van der Waals surface area contributed by atoms with Gasteiger partial charge in [-0.2, -0.15) is 0 Å². The molecule has 0 saturated carbocycles. The number of rotatable bonds is 9. The van der Waals surface area contributed by atoms with Gasteiger partial charge in [0.2, 0.25) is 0 Å². The lowest BCUT2D eigenvalue weighted by Gasteiger charge is -2.12. The maximum Gasteiger partial charge on any atom is 0.332 e. The van der Waals surface area contributed by atoms with Crippen LogP contribution in [0.1, 0.15) is 18.1 Å². The highest BCUT2D eigenvalue weighted by molar-refractivity contribution is 5.69. The molecule has 0 aliphatic heterocycles. The fourth-order valence-corrected chi connectivity index (χ4v) is 3.98. The van der Waals surface area contributed by atoms with Crippen LogP contribution in [0.15, 0.2) is 70.5 Å². The highest BCUT2D eigenvalue weighted by Gasteiger charge is 2.15. The summed E-state index contributed by atoms with van der Waals surface area (Å²) in [5, 5.41) is 2.26. The molecular formula is C25H30ClN5O3. The Morgan fingerprint density at radius 3 is 2.38 bits per heavy atom. The molecule has 0 aliphatic rings.